The molecule has 2 saturated carbocycles. The van der Waals surface area contributed by atoms with E-state index in [9.17, 15) is 38.4 Å². The molecular weight excluding hydrogens is 1130 g/mol. The number of nitrogens with zero attached hydrogens (tertiary/aromatic N) is 4. The number of pyridine rings is 1. The first-order valence-electron chi connectivity index (χ1n) is 29.2. The number of rotatable bonds is 42. The first-order valence-corrected chi connectivity index (χ1v) is 30.0. The van der Waals surface area contributed by atoms with Gasteiger partial charge in [-0.25, -0.2) is 9.78 Å². The predicted molar refractivity (Wildman–Crippen MR) is 307 cm³/mol. The molecule has 6 rings (SSSR count). The lowest BCUT2D eigenvalue weighted by molar-refractivity contribution is -0.138. The Balaban J connectivity index is 0.783. The third-order valence-electron chi connectivity index (χ3n) is 14.8. The lowest BCUT2D eigenvalue weighted by Gasteiger charge is -2.27. The lowest BCUT2D eigenvalue weighted by atomic mass is 9.99. The number of unbranched alkanes of at least 4 members (excludes halogenated alkanes) is 13. The number of hydrogen-bond acceptors (Lipinski definition) is 15. The molecule has 6 N–H and O–H groups in total. The number of nitrogens with one attached hydrogen (secondary N) is 5. The summed E-state index contributed by atoms with van der Waals surface area (Å²) in [6.07, 6.45) is 18.7. The van der Waals surface area contributed by atoms with Gasteiger partial charge >= 0.3 is 12.1 Å². The molecule has 82 heavy (non-hydrogen) atoms. The van der Waals surface area contributed by atoms with Crippen molar-refractivity contribution in [1.82, 2.24) is 40.9 Å². The molecule has 24 heteroatoms. The Labute approximate surface area is 488 Å². The fraction of sp³-hybridized carbons (Fsp3) is 0.655. The van der Waals surface area contributed by atoms with Crippen molar-refractivity contribution in [1.29, 1.82) is 0 Å². The summed E-state index contributed by atoms with van der Waals surface area (Å²) < 4.78 is 29.4. The van der Waals surface area contributed by atoms with Crippen molar-refractivity contribution in [2.24, 2.45) is 5.41 Å². The summed E-state index contributed by atoms with van der Waals surface area (Å²) in [4.78, 5) is 107. The number of benzene rings is 1. The van der Waals surface area contributed by atoms with Crippen LogP contribution in [0.25, 0.3) is 10.9 Å². The maximum absolute atomic E-state index is 14.4. The maximum atomic E-state index is 14.4. The standard InChI is InChI=1S/C58H84BrN9O14/c1-40-19-24-48(59)64-55(40)65-56(76)46-34-58(35-47(58)68(46)52(73)36-67-45-23-22-43(82-57(77)63-42-20-21-42)33-44(45)54(66-67)41(2)69)39-62-51(72)38-81-32-30-79-28-26-61-50(71)37-80-31-29-78-27-25-60-49(70)17-15-13-11-9-7-5-3-4-6-8-10-12-14-16-18-53(74)75/h19,22-24,33,42,46-47H,3-18,20-21,25-32,34-39H2,1-2H3,(H,60,70)(H,61,71)(H,62,72)(H,63,77)(H,74,75)(H,64,65,76)/t46-,47+,58-/m0/s1. The van der Waals surface area contributed by atoms with Gasteiger partial charge < -0.3 is 60.3 Å². The molecule has 3 aromatic rings. The third kappa shape index (κ3) is 22.6. The second kappa shape index (κ2) is 34.5. The lowest BCUT2D eigenvalue weighted by Crippen LogP contribution is -2.47. The van der Waals surface area contributed by atoms with Crippen LogP contribution in [0.1, 0.15) is 151 Å². The highest BCUT2D eigenvalue weighted by molar-refractivity contribution is 9.10. The van der Waals surface area contributed by atoms with E-state index in [1.165, 1.54) is 63.0 Å². The average molecular weight is 1210 g/mol. The van der Waals surface area contributed by atoms with Crippen LogP contribution in [0, 0.1) is 12.3 Å². The second-order valence-electron chi connectivity index (χ2n) is 21.6. The number of ether oxygens (including phenoxy) is 5. The molecule has 0 unspecified atom stereocenters. The first kappa shape index (κ1) is 65.1. The van der Waals surface area contributed by atoms with Gasteiger partial charge in [0.25, 0.3) is 0 Å². The van der Waals surface area contributed by atoms with Crippen LogP contribution in [0.5, 0.6) is 5.75 Å². The topological polar surface area (TPSA) is 297 Å². The normalized spacial score (nSPS) is 17.0. The molecule has 0 radical (unpaired) electrons. The minimum atomic E-state index is -0.910. The number of fused-ring (bicyclic) bond motifs is 2. The smallest absolute Gasteiger partial charge is 0.412 e. The van der Waals surface area contributed by atoms with Gasteiger partial charge in [0.15, 0.2) is 5.78 Å². The van der Waals surface area contributed by atoms with E-state index >= 15 is 0 Å². The number of carbonyl (C=O) groups is 8. The van der Waals surface area contributed by atoms with Crippen molar-refractivity contribution in [2.45, 2.75) is 167 Å². The number of hydrogen-bond donors (Lipinski definition) is 6. The fourth-order valence-corrected chi connectivity index (χ4v) is 10.4. The van der Waals surface area contributed by atoms with Crippen LogP contribution < -0.4 is 31.3 Å². The molecule has 3 aliphatic rings. The molecule has 1 aromatic carbocycles. The highest BCUT2D eigenvalue weighted by atomic mass is 79.9. The highest BCUT2D eigenvalue weighted by Crippen LogP contribution is 2.59. The van der Waals surface area contributed by atoms with Crippen molar-refractivity contribution in [3.05, 3.63) is 46.2 Å². The molecule has 3 heterocycles. The molecule has 2 aromatic heterocycles. The zero-order valence-electron chi connectivity index (χ0n) is 47.7. The van der Waals surface area contributed by atoms with Gasteiger partial charge in [-0.2, -0.15) is 5.10 Å². The zero-order valence-corrected chi connectivity index (χ0v) is 49.3. The van der Waals surface area contributed by atoms with E-state index in [1.54, 1.807) is 35.2 Å². The Kier molecular flexibility index (Phi) is 27.4. The first-order chi connectivity index (χ1) is 39.6. The number of anilines is 1. The predicted octanol–water partition coefficient (Wildman–Crippen LogP) is 6.70. The number of aliphatic carboxylic acids is 1. The molecule has 6 amide bonds. The number of carboxylic acids is 1. The highest BCUT2D eigenvalue weighted by Gasteiger charge is 2.67. The Hall–Kier alpha value is -6.08. The molecule has 3 fully saturated rings. The number of carbonyl (C=O) groups excluding carboxylic acids is 7. The van der Waals surface area contributed by atoms with Crippen LogP contribution in [0.4, 0.5) is 10.6 Å². The number of aromatic nitrogens is 3. The van der Waals surface area contributed by atoms with Crippen molar-refractivity contribution in [2.75, 3.05) is 77.8 Å². The Bertz CT molecular complexity index is 2620. The Morgan fingerprint density at radius 2 is 1.27 bits per heavy atom. The summed E-state index contributed by atoms with van der Waals surface area (Å²) in [6, 6.07) is 7.10. The summed E-state index contributed by atoms with van der Waals surface area (Å²) in [5, 5.41) is 27.7. The molecule has 1 aliphatic heterocycles. The van der Waals surface area contributed by atoms with Crippen LogP contribution in [0.15, 0.2) is 34.9 Å². The molecule has 3 atom stereocenters. The summed E-state index contributed by atoms with van der Waals surface area (Å²) in [5.41, 5.74) is 0.700. The van der Waals surface area contributed by atoms with E-state index in [0.29, 0.717) is 47.3 Å². The van der Waals surface area contributed by atoms with Gasteiger partial charge in [0.05, 0.1) is 45.2 Å². The van der Waals surface area contributed by atoms with Gasteiger partial charge in [-0.15, -0.1) is 0 Å². The summed E-state index contributed by atoms with van der Waals surface area (Å²) in [6.45, 7) is 4.71. The van der Waals surface area contributed by atoms with Crippen LogP contribution in [-0.2, 0) is 54.3 Å². The number of Topliss-reactive ketones (excluding diaryl/α,β-unsaturated/α-hetero) is 1. The largest absolute Gasteiger partial charge is 0.481 e. The van der Waals surface area contributed by atoms with E-state index < -0.39 is 35.3 Å². The quantitative estimate of drug-likeness (QED) is 0.0195. The monoisotopic (exact) mass is 1210 g/mol. The Morgan fingerprint density at radius 1 is 0.695 bits per heavy atom. The van der Waals surface area contributed by atoms with Gasteiger partial charge in [-0.05, 0) is 91.2 Å². The van der Waals surface area contributed by atoms with E-state index in [0.717, 1.165) is 56.9 Å². The minimum Gasteiger partial charge on any atom is -0.481 e. The number of amides is 6. The average Bonchev–Trinajstić information content (AvgIpc) is 1.91. The van der Waals surface area contributed by atoms with Gasteiger partial charge in [0.2, 0.25) is 29.5 Å². The van der Waals surface area contributed by atoms with E-state index in [2.05, 4.69) is 52.6 Å². The molecule has 452 valence electrons. The number of halogens is 1. The summed E-state index contributed by atoms with van der Waals surface area (Å²) in [7, 11) is 0. The van der Waals surface area contributed by atoms with E-state index in [-0.39, 0.29) is 126 Å². The zero-order chi connectivity index (χ0) is 58.7. The molecular formula is C58H84BrN9O14. The van der Waals surface area contributed by atoms with Gasteiger partial charge in [-0.1, -0.05) is 83.1 Å². The second-order valence-corrected chi connectivity index (χ2v) is 22.4. The van der Waals surface area contributed by atoms with Crippen molar-refractivity contribution >= 4 is 80.0 Å². The van der Waals surface area contributed by atoms with Gasteiger partial charge in [0.1, 0.15) is 47.7 Å². The molecule has 1 saturated heterocycles. The van der Waals surface area contributed by atoms with E-state index in [4.69, 9.17) is 28.8 Å². The fourth-order valence-electron chi connectivity index (χ4n) is 10.1. The SMILES string of the molecule is CC(=O)c1nn(CC(=O)N2[C@H](C(=O)Nc3nc(Br)ccc3C)C[C@@]3(CNC(=O)COCCOCCNC(=O)COCCOCCNC(=O)CCCCCCCCCCCCCCCCC(=O)O)C[C@@H]23)c2ccc(OC(=O)NC3CC3)cc12. The minimum absolute atomic E-state index is 0.0211. The number of ketones is 1. The molecule has 2 aliphatic carbocycles. The van der Waals surface area contributed by atoms with Gasteiger partial charge in [0, 0.05) is 62.3 Å². The number of carboxylic acid groups (broad SMARTS) is 1. The van der Waals surface area contributed by atoms with Gasteiger partial charge in [-0.3, -0.25) is 38.2 Å². The van der Waals surface area contributed by atoms with E-state index in [1.807, 2.05) is 6.92 Å². The number of likely N-dealkylation sites (tertiary alicyclic amines) is 1. The van der Waals surface area contributed by atoms with Crippen molar-refractivity contribution < 1.29 is 67.1 Å². The van der Waals surface area contributed by atoms with Crippen LogP contribution in [-0.4, -0.2) is 163 Å². The van der Waals surface area contributed by atoms with Crippen molar-refractivity contribution in [3.63, 3.8) is 0 Å². The molecule has 0 spiro atoms. The van der Waals surface area contributed by atoms with Crippen LogP contribution in [0.3, 0.4) is 0 Å². The summed E-state index contributed by atoms with van der Waals surface area (Å²) in [5.74, 6) is -2.01. The van der Waals surface area contributed by atoms with Crippen LogP contribution >= 0.6 is 15.9 Å². The maximum Gasteiger partial charge on any atom is 0.412 e. The molecule has 23 nitrogen and oxygen atoms in total. The molecule has 0 bridgehead atoms. The number of aryl methyl sites for hydroxylation is 1. The van der Waals surface area contributed by atoms with Crippen LogP contribution in [0.2, 0.25) is 0 Å². The number of piperidine rings is 1. The third-order valence-corrected chi connectivity index (χ3v) is 15.2. The Morgan fingerprint density at radius 3 is 1.87 bits per heavy atom. The summed E-state index contributed by atoms with van der Waals surface area (Å²) >= 11 is 3.36. The van der Waals surface area contributed by atoms with Crippen molar-refractivity contribution in [3.8, 4) is 5.75 Å².